The molecule has 2 rings (SSSR count). The summed E-state index contributed by atoms with van der Waals surface area (Å²) in [7, 11) is 0. The third-order valence-corrected chi connectivity index (χ3v) is 4.17. The van der Waals surface area contributed by atoms with Crippen molar-refractivity contribution >= 4 is 0 Å². The van der Waals surface area contributed by atoms with Crippen molar-refractivity contribution in [1.82, 2.24) is 0 Å². The third kappa shape index (κ3) is 2.96. The van der Waals surface area contributed by atoms with Gasteiger partial charge in [-0.3, -0.25) is 0 Å². The highest BCUT2D eigenvalue weighted by Crippen LogP contribution is 2.35. The molecule has 0 aromatic carbocycles. The number of hydrogen-bond acceptors (Lipinski definition) is 0. The summed E-state index contributed by atoms with van der Waals surface area (Å²) in [5, 5.41) is 0. The molecular weight excluding hydrogens is 175 g/mol. The lowest BCUT2D eigenvalue weighted by atomic mass is 9.77. The lowest BCUT2D eigenvalue weighted by Gasteiger charge is -2.29. The van der Waals surface area contributed by atoms with Crippen LogP contribution in [0.5, 0.6) is 0 Å². The molecule has 2 saturated carbocycles. The van der Waals surface area contributed by atoms with Crippen LogP contribution >= 0.6 is 0 Å². The van der Waals surface area contributed by atoms with Crippen LogP contribution in [-0.2, 0) is 0 Å². The third-order valence-electron chi connectivity index (χ3n) is 4.17. The zero-order chi connectivity index (χ0) is 9.80. The van der Waals surface area contributed by atoms with E-state index in [0.29, 0.717) is 0 Å². The molecule has 0 aromatic heterocycles. The minimum Gasteiger partial charge on any atom is -0.247 e. The van der Waals surface area contributed by atoms with Gasteiger partial charge in [0.1, 0.15) is 6.17 Å². The molecule has 2 aliphatic carbocycles. The molecule has 0 nitrogen and oxygen atoms in total. The van der Waals surface area contributed by atoms with Gasteiger partial charge >= 0.3 is 0 Å². The van der Waals surface area contributed by atoms with E-state index < -0.39 is 6.17 Å². The Bertz CT molecular complexity index is 153. The monoisotopic (exact) mass is 198 g/mol. The van der Waals surface area contributed by atoms with E-state index in [1.807, 2.05) is 0 Å². The maximum Gasteiger partial charge on any atom is 0.100 e. The Balaban J connectivity index is 1.68. The molecule has 0 unspecified atom stereocenters. The Morgan fingerprint density at radius 3 is 1.93 bits per heavy atom. The van der Waals surface area contributed by atoms with Gasteiger partial charge in [0.25, 0.3) is 0 Å². The normalized spacial score (nSPS) is 35.8. The average Bonchev–Trinajstić information content (AvgIpc) is 2.23. The highest BCUT2D eigenvalue weighted by molar-refractivity contribution is 4.76. The first-order valence-electron chi connectivity index (χ1n) is 6.48. The van der Waals surface area contributed by atoms with Crippen molar-refractivity contribution in [2.45, 2.75) is 70.4 Å². The summed E-state index contributed by atoms with van der Waals surface area (Å²) in [5.74, 6) is 1.86. The van der Waals surface area contributed by atoms with E-state index in [2.05, 4.69) is 0 Å². The summed E-state index contributed by atoms with van der Waals surface area (Å²) in [6.45, 7) is 0. The van der Waals surface area contributed by atoms with Gasteiger partial charge in [-0.05, 0) is 43.9 Å². The van der Waals surface area contributed by atoms with Crippen LogP contribution in [-0.4, -0.2) is 6.17 Å². The van der Waals surface area contributed by atoms with Crippen molar-refractivity contribution < 1.29 is 4.39 Å². The molecule has 0 saturated heterocycles. The summed E-state index contributed by atoms with van der Waals surface area (Å²) in [6.07, 6.45) is 12.2. The van der Waals surface area contributed by atoms with Crippen LogP contribution in [0.3, 0.4) is 0 Å². The minimum absolute atomic E-state index is 0.474. The largest absolute Gasteiger partial charge is 0.247 e. The molecule has 0 aliphatic heterocycles. The van der Waals surface area contributed by atoms with Crippen molar-refractivity contribution in [2.75, 3.05) is 0 Å². The zero-order valence-electron chi connectivity index (χ0n) is 9.18. The first kappa shape index (κ1) is 10.4. The van der Waals surface area contributed by atoms with Crippen LogP contribution in [0.2, 0.25) is 0 Å². The summed E-state index contributed by atoms with van der Waals surface area (Å²) in [5.41, 5.74) is 0. The summed E-state index contributed by atoms with van der Waals surface area (Å²) < 4.78 is 12.9. The Morgan fingerprint density at radius 1 is 0.714 bits per heavy atom. The van der Waals surface area contributed by atoms with E-state index in [1.165, 1.54) is 38.5 Å². The van der Waals surface area contributed by atoms with Crippen LogP contribution in [0.1, 0.15) is 64.2 Å². The molecule has 0 heterocycles. The summed E-state index contributed by atoms with van der Waals surface area (Å²) >= 11 is 0. The van der Waals surface area contributed by atoms with E-state index in [-0.39, 0.29) is 0 Å². The first-order chi connectivity index (χ1) is 6.84. The van der Waals surface area contributed by atoms with E-state index in [1.54, 1.807) is 0 Å². The van der Waals surface area contributed by atoms with Crippen molar-refractivity contribution in [3.63, 3.8) is 0 Å². The topological polar surface area (TPSA) is 0 Å². The van der Waals surface area contributed by atoms with Crippen molar-refractivity contribution in [3.05, 3.63) is 0 Å². The van der Waals surface area contributed by atoms with Gasteiger partial charge < -0.3 is 0 Å². The molecule has 0 bridgehead atoms. The molecule has 82 valence electrons. The van der Waals surface area contributed by atoms with E-state index in [9.17, 15) is 4.39 Å². The molecule has 0 radical (unpaired) electrons. The fourth-order valence-electron chi connectivity index (χ4n) is 3.25. The van der Waals surface area contributed by atoms with Gasteiger partial charge in [-0.2, -0.15) is 0 Å². The summed E-state index contributed by atoms with van der Waals surface area (Å²) in [6, 6.07) is 0. The van der Waals surface area contributed by atoms with Crippen LogP contribution in [0.15, 0.2) is 0 Å². The molecule has 1 heteroatoms. The van der Waals surface area contributed by atoms with E-state index >= 15 is 0 Å². The maximum absolute atomic E-state index is 12.9. The lowest BCUT2D eigenvalue weighted by molar-refractivity contribution is 0.176. The molecular formula is C13H23F. The highest BCUT2D eigenvalue weighted by Gasteiger charge is 2.24. The van der Waals surface area contributed by atoms with Gasteiger partial charge in [0.15, 0.2) is 0 Å². The Hall–Kier alpha value is -0.0700. The second kappa shape index (κ2) is 5.14. The molecule has 0 N–H and O–H groups in total. The molecule has 2 fully saturated rings. The summed E-state index contributed by atoms with van der Waals surface area (Å²) in [4.78, 5) is 0. The van der Waals surface area contributed by atoms with Crippen molar-refractivity contribution in [2.24, 2.45) is 11.8 Å². The van der Waals surface area contributed by atoms with E-state index in [0.717, 1.165) is 37.5 Å². The Labute approximate surface area is 87.3 Å². The number of hydrogen-bond donors (Lipinski definition) is 0. The molecule has 2 aliphatic rings. The lowest BCUT2D eigenvalue weighted by Crippen LogP contribution is -2.19. The van der Waals surface area contributed by atoms with Crippen LogP contribution in [0.25, 0.3) is 0 Å². The second-order valence-corrected chi connectivity index (χ2v) is 5.36. The minimum atomic E-state index is -0.474. The van der Waals surface area contributed by atoms with Crippen molar-refractivity contribution in [3.8, 4) is 0 Å². The first-order valence-corrected chi connectivity index (χ1v) is 6.48. The zero-order valence-corrected chi connectivity index (χ0v) is 9.18. The average molecular weight is 198 g/mol. The molecule has 0 atom stereocenters. The van der Waals surface area contributed by atoms with Gasteiger partial charge in [0, 0.05) is 0 Å². The predicted molar refractivity (Wildman–Crippen MR) is 58.0 cm³/mol. The van der Waals surface area contributed by atoms with Crippen molar-refractivity contribution in [1.29, 1.82) is 0 Å². The Morgan fingerprint density at radius 2 is 1.29 bits per heavy atom. The standard InChI is InChI=1S/C13H23F/c14-13-8-6-12(7-9-13)10-11-4-2-1-3-5-11/h11-13H,1-10H2. The predicted octanol–water partition coefficient (Wildman–Crippen LogP) is 4.49. The van der Waals surface area contributed by atoms with Crippen LogP contribution in [0, 0.1) is 11.8 Å². The second-order valence-electron chi connectivity index (χ2n) is 5.36. The number of halogens is 1. The molecule has 0 aromatic rings. The molecule has 14 heavy (non-hydrogen) atoms. The molecule has 0 spiro atoms. The molecule has 0 amide bonds. The van der Waals surface area contributed by atoms with E-state index in [4.69, 9.17) is 0 Å². The fraction of sp³-hybridized carbons (Fsp3) is 1.00. The van der Waals surface area contributed by atoms with Crippen LogP contribution in [0.4, 0.5) is 4.39 Å². The van der Waals surface area contributed by atoms with Gasteiger partial charge in [0.2, 0.25) is 0 Å². The Kier molecular flexibility index (Phi) is 3.83. The van der Waals surface area contributed by atoms with Gasteiger partial charge in [-0.15, -0.1) is 0 Å². The maximum atomic E-state index is 12.9. The smallest absolute Gasteiger partial charge is 0.100 e. The number of rotatable bonds is 2. The van der Waals surface area contributed by atoms with Crippen LogP contribution < -0.4 is 0 Å². The SMILES string of the molecule is FC1CCC(CC2CCCCC2)CC1. The highest BCUT2D eigenvalue weighted by atomic mass is 19.1. The fourth-order valence-corrected chi connectivity index (χ4v) is 3.25. The van der Waals surface area contributed by atoms with Gasteiger partial charge in [-0.25, -0.2) is 4.39 Å². The number of alkyl halides is 1. The van der Waals surface area contributed by atoms with Gasteiger partial charge in [-0.1, -0.05) is 32.1 Å². The quantitative estimate of drug-likeness (QED) is 0.613. The van der Waals surface area contributed by atoms with Gasteiger partial charge in [0.05, 0.1) is 0 Å².